The monoisotopic (exact) mass is 369 g/mol. The third-order valence-corrected chi connectivity index (χ3v) is 5.10. The summed E-state index contributed by atoms with van der Waals surface area (Å²) in [6.07, 6.45) is 1.49. The Morgan fingerprint density at radius 3 is 2.30 bits per heavy atom. The Balaban J connectivity index is 1.50. The zero-order chi connectivity index (χ0) is 19.2. The second-order valence-electron chi connectivity index (χ2n) is 6.88. The van der Waals surface area contributed by atoms with Crippen LogP contribution in [0.2, 0.25) is 0 Å². The third kappa shape index (κ3) is 4.84. The molecule has 0 unspecified atom stereocenters. The van der Waals surface area contributed by atoms with Gasteiger partial charge in [-0.3, -0.25) is 4.79 Å². The fourth-order valence-electron chi connectivity index (χ4n) is 3.35. The van der Waals surface area contributed by atoms with Crippen LogP contribution in [-0.2, 0) is 4.79 Å². The zero-order valence-electron chi connectivity index (χ0n) is 15.3. The number of amides is 3. The number of nitrogens with one attached hydrogen (secondary N) is 2. The molecule has 1 aliphatic rings. The summed E-state index contributed by atoms with van der Waals surface area (Å²) in [5, 5.41) is 5.55. The maximum atomic E-state index is 13.7. The first-order valence-electron chi connectivity index (χ1n) is 9.21. The highest BCUT2D eigenvalue weighted by Gasteiger charge is 2.30. The van der Waals surface area contributed by atoms with Gasteiger partial charge in [0.25, 0.3) is 0 Å². The lowest BCUT2D eigenvalue weighted by atomic mass is 9.85. The van der Waals surface area contributed by atoms with Crippen molar-refractivity contribution in [3.05, 3.63) is 60.4 Å². The lowest BCUT2D eigenvalue weighted by molar-refractivity contribution is -0.121. The van der Waals surface area contributed by atoms with E-state index in [1.807, 2.05) is 37.3 Å². The van der Waals surface area contributed by atoms with Crippen molar-refractivity contribution in [1.82, 2.24) is 4.90 Å². The quantitative estimate of drug-likeness (QED) is 0.842. The summed E-state index contributed by atoms with van der Waals surface area (Å²) in [4.78, 5) is 26.6. The van der Waals surface area contributed by atoms with Crippen LogP contribution in [0.5, 0.6) is 0 Å². The Bertz CT molecular complexity index is 789. The summed E-state index contributed by atoms with van der Waals surface area (Å²) in [6.45, 7) is 3.06. The molecule has 1 saturated heterocycles. The van der Waals surface area contributed by atoms with Gasteiger partial charge in [0, 0.05) is 24.7 Å². The van der Waals surface area contributed by atoms with Gasteiger partial charge >= 0.3 is 6.03 Å². The number of hydrogen-bond donors (Lipinski definition) is 2. The van der Waals surface area contributed by atoms with Crippen LogP contribution in [0.3, 0.4) is 0 Å². The smallest absolute Gasteiger partial charge is 0.321 e. The van der Waals surface area contributed by atoms with E-state index in [1.54, 1.807) is 23.1 Å². The van der Waals surface area contributed by atoms with Crippen LogP contribution in [0.15, 0.2) is 54.6 Å². The number of carbonyl (C=O) groups excluding carboxylic acids is 2. The molecule has 1 fully saturated rings. The van der Waals surface area contributed by atoms with Crippen molar-refractivity contribution in [3.63, 3.8) is 0 Å². The molecule has 2 N–H and O–H groups in total. The first-order valence-corrected chi connectivity index (χ1v) is 9.21. The number of carbonyl (C=O) groups is 2. The molecule has 3 rings (SSSR count). The average molecular weight is 369 g/mol. The van der Waals surface area contributed by atoms with Gasteiger partial charge in [0.2, 0.25) is 5.91 Å². The van der Waals surface area contributed by atoms with E-state index in [4.69, 9.17) is 0 Å². The summed E-state index contributed by atoms with van der Waals surface area (Å²) in [7, 11) is 0. The maximum absolute atomic E-state index is 13.7. The summed E-state index contributed by atoms with van der Waals surface area (Å²) in [6, 6.07) is 15.4. The molecule has 2 aromatic rings. The number of piperidine rings is 1. The second-order valence-corrected chi connectivity index (χ2v) is 6.88. The lowest BCUT2D eigenvalue weighted by Crippen LogP contribution is -2.43. The Morgan fingerprint density at radius 2 is 1.63 bits per heavy atom. The number of rotatable bonds is 4. The molecule has 142 valence electrons. The van der Waals surface area contributed by atoms with Crippen LogP contribution in [0, 0.1) is 17.7 Å². The fourth-order valence-corrected chi connectivity index (χ4v) is 3.35. The summed E-state index contributed by atoms with van der Waals surface area (Å²) in [5.74, 6) is -0.709. The molecule has 27 heavy (non-hydrogen) atoms. The van der Waals surface area contributed by atoms with Crippen LogP contribution in [0.1, 0.15) is 19.8 Å². The van der Waals surface area contributed by atoms with Crippen molar-refractivity contribution in [3.8, 4) is 0 Å². The van der Waals surface area contributed by atoms with Gasteiger partial charge in [0.15, 0.2) is 0 Å². The van der Waals surface area contributed by atoms with Gasteiger partial charge in [0.1, 0.15) is 5.82 Å². The summed E-state index contributed by atoms with van der Waals surface area (Å²) in [5.41, 5.74) is 0.969. The molecule has 0 bridgehead atoms. The largest absolute Gasteiger partial charge is 0.325 e. The number of hydrogen-bond acceptors (Lipinski definition) is 2. The van der Waals surface area contributed by atoms with Gasteiger partial charge in [-0.05, 0) is 43.0 Å². The Morgan fingerprint density at radius 1 is 1.00 bits per heavy atom. The van der Waals surface area contributed by atoms with Gasteiger partial charge in [-0.2, -0.15) is 0 Å². The van der Waals surface area contributed by atoms with Crippen LogP contribution in [-0.4, -0.2) is 29.9 Å². The highest BCUT2D eigenvalue weighted by molar-refractivity contribution is 5.92. The third-order valence-electron chi connectivity index (χ3n) is 5.10. The van der Waals surface area contributed by atoms with Crippen LogP contribution < -0.4 is 10.6 Å². The molecule has 2 aromatic carbocycles. The van der Waals surface area contributed by atoms with Gasteiger partial charge < -0.3 is 15.5 Å². The van der Waals surface area contributed by atoms with Gasteiger partial charge in [-0.15, -0.1) is 0 Å². The molecule has 0 aliphatic carbocycles. The van der Waals surface area contributed by atoms with Crippen molar-refractivity contribution < 1.29 is 14.0 Å². The highest BCUT2D eigenvalue weighted by atomic mass is 19.1. The molecular formula is C21H24FN3O2. The second kappa shape index (κ2) is 8.66. The minimum Gasteiger partial charge on any atom is -0.325 e. The van der Waals surface area contributed by atoms with E-state index in [0.717, 1.165) is 18.5 Å². The lowest BCUT2D eigenvalue weighted by Gasteiger charge is -2.34. The van der Waals surface area contributed by atoms with E-state index in [2.05, 4.69) is 10.6 Å². The number of halogens is 1. The van der Waals surface area contributed by atoms with E-state index in [-0.39, 0.29) is 29.5 Å². The normalized spacial score (nSPS) is 15.9. The Kier molecular flexibility index (Phi) is 6.06. The standard InChI is InChI=1S/C21H24FN3O2/c1-15(20(26)24-19-10-6-5-9-18(19)22)16-11-13-25(14-12-16)21(27)23-17-7-3-2-4-8-17/h2-10,15-16H,11-14H2,1H3,(H,23,27)(H,24,26)/t15-/m0/s1. The van der Waals surface area contributed by atoms with Crippen LogP contribution in [0.4, 0.5) is 20.6 Å². The van der Waals surface area contributed by atoms with Crippen molar-refractivity contribution in [2.75, 3.05) is 23.7 Å². The topological polar surface area (TPSA) is 61.4 Å². The summed E-state index contributed by atoms with van der Waals surface area (Å²) >= 11 is 0. The molecule has 0 aromatic heterocycles. The number of urea groups is 1. The molecule has 0 saturated carbocycles. The molecule has 1 aliphatic heterocycles. The van der Waals surface area contributed by atoms with Crippen molar-refractivity contribution in [2.24, 2.45) is 11.8 Å². The zero-order valence-corrected chi connectivity index (χ0v) is 15.3. The van der Waals surface area contributed by atoms with E-state index in [1.165, 1.54) is 6.07 Å². The van der Waals surface area contributed by atoms with Crippen molar-refractivity contribution in [2.45, 2.75) is 19.8 Å². The maximum Gasteiger partial charge on any atom is 0.321 e. The number of para-hydroxylation sites is 2. The van der Waals surface area contributed by atoms with E-state index >= 15 is 0 Å². The average Bonchev–Trinajstić information content (AvgIpc) is 2.70. The van der Waals surface area contributed by atoms with E-state index in [0.29, 0.717) is 13.1 Å². The molecule has 6 heteroatoms. The Hall–Kier alpha value is -2.89. The van der Waals surface area contributed by atoms with Crippen molar-refractivity contribution in [1.29, 1.82) is 0 Å². The minimum atomic E-state index is -0.439. The molecule has 1 heterocycles. The molecule has 0 spiro atoms. The molecule has 0 radical (unpaired) electrons. The number of likely N-dealkylation sites (tertiary alicyclic amines) is 1. The Labute approximate surface area is 158 Å². The predicted molar refractivity (Wildman–Crippen MR) is 104 cm³/mol. The molecule has 3 amide bonds. The van der Waals surface area contributed by atoms with Crippen molar-refractivity contribution >= 4 is 23.3 Å². The minimum absolute atomic E-state index is 0.122. The molecule has 1 atom stereocenters. The fraction of sp³-hybridized carbons (Fsp3) is 0.333. The number of benzene rings is 2. The van der Waals surface area contributed by atoms with Gasteiger partial charge in [0.05, 0.1) is 5.69 Å². The highest BCUT2D eigenvalue weighted by Crippen LogP contribution is 2.27. The number of anilines is 2. The van der Waals surface area contributed by atoms with Gasteiger partial charge in [-0.1, -0.05) is 37.3 Å². The first-order chi connectivity index (χ1) is 13.0. The SMILES string of the molecule is C[C@H](C(=O)Nc1ccccc1F)C1CCN(C(=O)Nc2ccccc2)CC1. The van der Waals surface area contributed by atoms with E-state index < -0.39 is 5.82 Å². The molecule has 5 nitrogen and oxygen atoms in total. The van der Waals surface area contributed by atoms with E-state index in [9.17, 15) is 14.0 Å². The predicted octanol–water partition coefficient (Wildman–Crippen LogP) is 4.34. The van der Waals surface area contributed by atoms with Crippen LogP contribution >= 0.6 is 0 Å². The van der Waals surface area contributed by atoms with Crippen LogP contribution in [0.25, 0.3) is 0 Å². The molecular weight excluding hydrogens is 345 g/mol. The summed E-state index contributed by atoms with van der Waals surface area (Å²) < 4.78 is 13.7. The van der Waals surface area contributed by atoms with Gasteiger partial charge in [-0.25, -0.2) is 9.18 Å². The first kappa shape index (κ1) is 18.9. The number of nitrogens with zero attached hydrogens (tertiary/aromatic N) is 1.